The zero-order valence-corrected chi connectivity index (χ0v) is 15.1. The minimum atomic E-state index is -0.869. The molecule has 0 saturated heterocycles. The SMILES string of the molecule is COc1ccc(Oc2ccc(C(=O)NC[C@H](O)c3nccn3C)cc2)cc1. The molecule has 0 unspecified atom stereocenters. The maximum atomic E-state index is 12.2. The standard InChI is InChI=1S/C20H21N3O4/c1-23-12-11-21-19(23)18(24)13-22-20(25)14-3-5-16(6-4-14)27-17-9-7-15(26-2)8-10-17/h3-12,18,24H,13H2,1-2H3,(H,22,25)/t18-/m0/s1. The normalized spacial score (nSPS) is 11.7. The number of methoxy groups -OCH3 is 1. The fraction of sp³-hybridized carbons (Fsp3) is 0.200. The van der Waals surface area contributed by atoms with Gasteiger partial charge in [-0.3, -0.25) is 4.79 Å². The summed E-state index contributed by atoms with van der Waals surface area (Å²) in [5.41, 5.74) is 0.476. The number of aliphatic hydroxyl groups is 1. The van der Waals surface area contributed by atoms with Crippen molar-refractivity contribution >= 4 is 5.91 Å². The Balaban J connectivity index is 1.56. The van der Waals surface area contributed by atoms with E-state index in [0.29, 0.717) is 22.9 Å². The Bertz CT molecular complexity index is 888. The summed E-state index contributed by atoms with van der Waals surface area (Å²) >= 11 is 0. The van der Waals surface area contributed by atoms with Crippen molar-refractivity contribution in [3.05, 3.63) is 72.3 Å². The quantitative estimate of drug-likeness (QED) is 0.671. The van der Waals surface area contributed by atoms with Crippen LogP contribution in [0.4, 0.5) is 0 Å². The lowest BCUT2D eigenvalue weighted by molar-refractivity contribution is 0.0909. The Morgan fingerprint density at radius 3 is 2.26 bits per heavy atom. The average Bonchev–Trinajstić information content (AvgIpc) is 3.13. The summed E-state index contributed by atoms with van der Waals surface area (Å²) in [5, 5.41) is 12.8. The van der Waals surface area contributed by atoms with Crippen LogP contribution in [-0.4, -0.2) is 34.2 Å². The van der Waals surface area contributed by atoms with Gasteiger partial charge in [0.15, 0.2) is 0 Å². The number of nitrogens with one attached hydrogen (secondary N) is 1. The molecule has 0 bridgehead atoms. The van der Waals surface area contributed by atoms with E-state index in [1.165, 1.54) is 0 Å². The van der Waals surface area contributed by atoms with Gasteiger partial charge in [0.05, 0.1) is 13.7 Å². The fourth-order valence-corrected chi connectivity index (χ4v) is 2.54. The molecule has 0 radical (unpaired) electrons. The minimum Gasteiger partial charge on any atom is -0.497 e. The second-order valence-corrected chi connectivity index (χ2v) is 5.92. The molecule has 1 heterocycles. The average molecular weight is 367 g/mol. The number of hydrogen-bond donors (Lipinski definition) is 2. The van der Waals surface area contributed by atoms with Crippen molar-refractivity contribution in [1.82, 2.24) is 14.9 Å². The monoisotopic (exact) mass is 367 g/mol. The van der Waals surface area contributed by atoms with Crippen LogP contribution in [0.5, 0.6) is 17.2 Å². The number of carbonyl (C=O) groups excluding carboxylic acids is 1. The molecule has 1 amide bonds. The first kappa shape index (κ1) is 18.5. The molecule has 0 fully saturated rings. The van der Waals surface area contributed by atoms with Gasteiger partial charge in [0.1, 0.15) is 29.2 Å². The Hall–Kier alpha value is -3.32. The van der Waals surface area contributed by atoms with Gasteiger partial charge in [-0.25, -0.2) is 4.98 Å². The molecular formula is C20H21N3O4. The van der Waals surface area contributed by atoms with Crippen molar-refractivity contribution in [2.45, 2.75) is 6.10 Å². The molecule has 1 aromatic heterocycles. The summed E-state index contributed by atoms with van der Waals surface area (Å²) in [5.74, 6) is 2.26. The Morgan fingerprint density at radius 2 is 1.70 bits per heavy atom. The van der Waals surface area contributed by atoms with Gasteiger partial charge in [-0.1, -0.05) is 0 Å². The van der Waals surface area contributed by atoms with Crippen molar-refractivity contribution in [2.75, 3.05) is 13.7 Å². The van der Waals surface area contributed by atoms with Gasteiger partial charge in [0.25, 0.3) is 5.91 Å². The molecule has 7 heteroatoms. The van der Waals surface area contributed by atoms with Crippen molar-refractivity contribution in [1.29, 1.82) is 0 Å². The van der Waals surface area contributed by atoms with Crippen LogP contribution in [0.15, 0.2) is 60.9 Å². The highest BCUT2D eigenvalue weighted by Gasteiger charge is 2.14. The predicted molar refractivity (Wildman–Crippen MR) is 100 cm³/mol. The lowest BCUT2D eigenvalue weighted by Gasteiger charge is -2.12. The first-order chi connectivity index (χ1) is 13.1. The summed E-state index contributed by atoms with van der Waals surface area (Å²) in [6.45, 7) is 0.0772. The topological polar surface area (TPSA) is 85.6 Å². The first-order valence-corrected chi connectivity index (χ1v) is 8.42. The number of hydrogen-bond acceptors (Lipinski definition) is 5. The molecule has 0 aliphatic heterocycles. The van der Waals surface area contributed by atoms with Gasteiger partial charge in [0, 0.05) is 25.0 Å². The summed E-state index contributed by atoms with van der Waals surface area (Å²) in [6, 6.07) is 14.0. The maximum Gasteiger partial charge on any atom is 0.251 e. The van der Waals surface area contributed by atoms with Gasteiger partial charge in [-0.15, -0.1) is 0 Å². The van der Waals surface area contributed by atoms with E-state index in [9.17, 15) is 9.90 Å². The highest BCUT2D eigenvalue weighted by molar-refractivity contribution is 5.94. The largest absolute Gasteiger partial charge is 0.497 e. The van der Waals surface area contributed by atoms with Crippen LogP contribution in [-0.2, 0) is 7.05 Å². The summed E-state index contributed by atoms with van der Waals surface area (Å²) in [4.78, 5) is 16.3. The third-order valence-corrected chi connectivity index (χ3v) is 4.02. The number of aromatic nitrogens is 2. The lowest BCUT2D eigenvalue weighted by atomic mass is 10.2. The summed E-state index contributed by atoms with van der Waals surface area (Å²) < 4.78 is 12.6. The van der Waals surface area contributed by atoms with E-state index < -0.39 is 6.10 Å². The lowest BCUT2D eigenvalue weighted by Crippen LogP contribution is -2.29. The maximum absolute atomic E-state index is 12.2. The zero-order chi connectivity index (χ0) is 19.2. The molecular weight excluding hydrogens is 346 g/mol. The van der Waals surface area contributed by atoms with Gasteiger partial charge in [-0.05, 0) is 48.5 Å². The molecule has 1 atom stereocenters. The van der Waals surface area contributed by atoms with E-state index in [2.05, 4.69) is 10.3 Å². The molecule has 3 rings (SSSR count). The third kappa shape index (κ3) is 4.65. The number of aliphatic hydroxyl groups excluding tert-OH is 1. The number of carbonyl (C=O) groups is 1. The van der Waals surface area contributed by atoms with Gasteiger partial charge in [-0.2, -0.15) is 0 Å². The van der Waals surface area contributed by atoms with Crippen LogP contribution in [0.2, 0.25) is 0 Å². The Labute approximate surface area is 157 Å². The van der Waals surface area contributed by atoms with E-state index in [0.717, 1.165) is 5.75 Å². The fourth-order valence-electron chi connectivity index (χ4n) is 2.54. The highest BCUT2D eigenvalue weighted by atomic mass is 16.5. The van der Waals surface area contributed by atoms with E-state index in [1.807, 2.05) is 12.1 Å². The van der Waals surface area contributed by atoms with Crippen LogP contribution < -0.4 is 14.8 Å². The van der Waals surface area contributed by atoms with E-state index in [4.69, 9.17) is 9.47 Å². The molecule has 3 aromatic rings. The number of rotatable bonds is 7. The molecule has 0 spiro atoms. The Morgan fingerprint density at radius 1 is 1.11 bits per heavy atom. The molecule has 0 aliphatic carbocycles. The van der Waals surface area contributed by atoms with Crippen LogP contribution >= 0.6 is 0 Å². The van der Waals surface area contributed by atoms with Crippen molar-refractivity contribution in [3.8, 4) is 17.2 Å². The van der Waals surface area contributed by atoms with Gasteiger partial charge in [0.2, 0.25) is 0 Å². The second kappa shape index (κ2) is 8.37. The molecule has 0 saturated carbocycles. The van der Waals surface area contributed by atoms with Gasteiger partial charge >= 0.3 is 0 Å². The first-order valence-electron chi connectivity index (χ1n) is 8.42. The van der Waals surface area contributed by atoms with E-state index in [-0.39, 0.29) is 12.5 Å². The number of imidazole rings is 1. The van der Waals surface area contributed by atoms with Crippen LogP contribution in [0, 0.1) is 0 Å². The molecule has 27 heavy (non-hydrogen) atoms. The number of ether oxygens (including phenoxy) is 2. The summed E-state index contributed by atoms with van der Waals surface area (Å²) in [6.07, 6.45) is 2.47. The molecule has 0 aliphatic rings. The van der Waals surface area contributed by atoms with E-state index >= 15 is 0 Å². The molecule has 2 N–H and O–H groups in total. The van der Waals surface area contributed by atoms with E-state index in [1.54, 1.807) is 67.5 Å². The molecule has 7 nitrogen and oxygen atoms in total. The second-order valence-electron chi connectivity index (χ2n) is 5.92. The highest BCUT2D eigenvalue weighted by Crippen LogP contribution is 2.24. The zero-order valence-electron chi connectivity index (χ0n) is 15.1. The minimum absolute atomic E-state index is 0.0772. The van der Waals surface area contributed by atoms with Crippen molar-refractivity contribution in [2.24, 2.45) is 7.05 Å². The Kier molecular flexibility index (Phi) is 5.73. The van der Waals surface area contributed by atoms with Crippen LogP contribution in [0.25, 0.3) is 0 Å². The summed E-state index contributed by atoms with van der Waals surface area (Å²) in [7, 11) is 3.39. The van der Waals surface area contributed by atoms with Crippen LogP contribution in [0.3, 0.4) is 0 Å². The number of nitrogens with zero attached hydrogens (tertiary/aromatic N) is 2. The third-order valence-electron chi connectivity index (χ3n) is 4.02. The van der Waals surface area contributed by atoms with Crippen molar-refractivity contribution < 1.29 is 19.4 Å². The number of aryl methyl sites for hydroxylation is 1. The van der Waals surface area contributed by atoms with Crippen LogP contribution in [0.1, 0.15) is 22.3 Å². The molecule has 2 aromatic carbocycles. The molecule has 140 valence electrons. The van der Waals surface area contributed by atoms with Gasteiger partial charge < -0.3 is 24.5 Å². The smallest absolute Gasteiger partial charge is 0.251 e. The predicted octanol–water partition coefficient (Wildman–Crippen LogP) is 2.68. The number of benzene rings is 2. The van der Waals surface area contributed by atoms with Crippen molar-refractivity contribution in [3.63, 3.8) is 0 Å². The number of amides is 1.